The SMILES string of the molecule is O=C(O)NC1CCC1O. The van der Waals surface area contributed by atoms with Crippen molar-refractivity contribution >= 4 is 6.09 Å². The second kappa shape index (κ2) is 2.23. The third kappa shape index (κ3) is 1.32. The molecule has 9 heavy (non-hydrogen) atoms. The van der Waals surface area contributed by atoms with Crippen molar-refractivity contribution in [2.75, 3.05) is 0 Å². The van der Waals surface area contributed by atoms with Gasteiger partial charge in [0.2, 0.25) is 0 Å². The highest BCUT2D eigenvalue weighted by molar-refractivity contribution is 5.65. The van der Waals surface area contributed by atoms with E-state index < -0.39 is 12.2 Å². The van der Waals surface area contributed by atoms with Crippen molar-refractivity contribution < 1.29 is 15.0 Å². The monoisotopic (exact) mass is 131 g/mol. The molecule has 0 aromatic rings. The predicted molar refractivity (Wildman–Crippen MR) is 30.2 cm³/mol. The molecule has 1 aliphatic carbocycles. The molecule has 0 bridgehead atoms. The van der Waals surface area contributed by atoms with Gasteiger partial charge in [-0.2, -0.15) is 0 Å². The van der Waals surface area contributed by atoms with Crippen LogP contribution in [0.3, 0.4) is 0 Å². The van der Waals surface area contributed by atoms with Crippen molar-refractivity contribution in [2.45, 2.75) is 25.0 Å². The van der Waals surface area contributed by atoms with Gasteiger partial charge in [-0.15, -0.1) is 0 Å². The van der Waals surface area contributed by atoms with Crippen LogP contribution in [-0.2, 0) is 0 Å². The first kappa shape index (κ1) is 6.35. The van der Waals surface area contributed by atoms with Crippen molar-refractivity contribution in [1.82, 2.24) is 5.32 Å². The summed E-state index contributed by atoms with van der Waals surface area (Å²) in [6.45, 7) is 0. The van der Waals surface area contributed by atoms with Crippen LogP contribution in [0.1, 0.15) is 12.8 Å². The second-order valence-electron chi connectivity index (χ2n) is 2.20. The van der Waals surface area contributed by atoms with Gasteiger partial charge in [0.15, 0.2) is 0 Å². The number of carbonyl (C=O) groups is 1. The summed E-state index contributed by atoms with van der Waals surface area (Å²) in [7, 11) is 0. The van der Waals surface area contributed by atoms with Crippen molar-refractivity contribution in [3.05, 3.63) is 0 Å². The van der Waals surface area contributed by atoms with Crippen LogP contribution < -0.4 is 5.32 Å². The van der Waals surface area contributed by atoms with Crippen LogP contribution in [0, 0.1) is 0 Å². The molecule has 0 aromatic heterocycles. The van der Waals surface area contributed by atoms with Gasteiger partial charge >= 0.3 is 6.09 Å². The Hall–Kier alpha value is -0.770. The molecule has 0 radical (unpaired) electrons. The Kier molecular flexibility index (Phi) is 1.57. The first-order valence-corrected chi connectivity index (χ1v) is 2.87. The number of nitrogens with one attached hydrogen (secondary N) is 1. The smallest absolute Gasteiger partial charge is 0.404 e. The normalized spacial score (nSPS) is 33.0. The lowest BCUT2D eigenvalue weighted by Gasteiger charge is -2.31. The summed E-state index contributed by atoms with van der Waals surface area (Å²) in [5, 5.41) is 19.2. The minimum atomic E-state index is -1.06. The standard InChI is InChI=1S/C5H9NO3/c7-4-2-1-3(4)6-5(8)9/h3-4,6-7H,1-2H2,(H,8,9). The van der Waals surface area contributed by atoms with Crippen LogP contribution in [0.2, 0.25) is 0 Å². The molecule has 4 heteroatoms. The minimum Gasteiger partial charge on any atom is -0.465 e. The fourth-order valence-corrected chi connectivity index (χ4v) is 0.809. The van der Waals surface area contributed by atoms with Crippen molar-refractivity contribution in [3.8, 4) is 0 Å². The molecular formula is C5H9NO3. The first-order valence-electron chi connectivity index (χ1n) is 2.87. The summed E-state index contributed by atoms with van der Waals surface area (Å²) in [5.41, 5.74) is 0. The largest absolute Gasteiger partial charge is 0.465 e. The van der Waals surface area contributed by atoms with E-state index in [2.05, 4.69) is 5.32 Å². The van der Waals surface area contributed by atoms with E-state index in [1.807, 2.05) is 0 Å². The van der Waals surface area contributed by atoms with E-state index in [1.165, 1.54) is 0 Å². The maximum atomic E-state index is 9.93. The Morgan fingerprint density at radius 1 is 1.56 bits per heavy atom. The van der Waals surface area contributed by atoms with Crippen LogP contribution in [0.15, 0.2) is 0 Å². The molecule has 0 aliphatic heterocycles. The van der Waals surface area contributed by atoms with Crippen molar-refractivity contribution in [3.63, 3.8) is 0 Å². The summed E-state index contributed by atoms with van der Waals surface area (Å²) in [6, 6.07) is -0.220. The highest BCUT2D eigenvalue weighted by Crippen LogP contribution is 2.18. The molecule has 1 aliphatic rings. The minimum absolute atomic E-state index is 0.220. The van der Waals surface area contributed by atoms with E-state index >= 15 is 0 Å². The molecule has 1 saturated carbocycles. The Labute approximate surface area is 52.5 Å². The van der Waals surface area contributed by atoms with Gasteiger partial charge in [-0.3, -0.25) is 0 Å². The molecule has 0 aromatic carbocycles. The van der Waals surface area contributed by atoms with Gasteiger partial charge in [0.1, 0.15) is 0 Å². The zero-order valence-electron chi connectivity index (χ0n) is 4.87. The maximum absolute atomic E-state index is 9.93. The average Bonchev–Trinajstić information content (AvgIpc) is 1.79. The first-order chi connectivity index (χ1) is 4.20. The zero-order chi connectivity index (χ0) is 6.85. The van der Waals surface area contributed by atoms with Gasteiger partial charge in [0.05, 0.1) is 12.1 Å². The average molecular weight is 131 g/mol. The molecule has 4 nitrogen and oxygen atoms in total. The van der Waals surface area contributed by atoms with E-state index in [-0.39, 0.29) is 6.04 Å². The summed E-state index contributed by atoms with van der Waals surface area (Å²) in [4.78, 5) is 9.93. The highest BCUT2D eigenvalue weighted by atomic mass is 16.4. The summed E-state index contributed by atoms with van der Waals surface area (Å²) < 4.78 is 0. The van der Waals surface area contributed by atoms with E-state index in [0.29, 0.717) is 6.42 Å². The number of aliphatic hydroxyl groups is 1. The molecule has 1 rings (SSSR count). The molecule has 2 unspecified atom stereocenters. The lowest BCUT2D eigenvalue weighted by atomic mass is 9.89. The molecule has 0 saturated heterocycles. The van der Waals surface area contributed by atoms with Gasteiger partial charge in [-0.05, 0) is 12.8 Å². The molecule has 2 atom stereocenters. The predicted octanol–water partition coefficient (Wildman–Crippen LogP) is -0.223. The van der Waals surface area contributed by atoms with Crippen LogP contribution in [-0.4, -0.2) is 28.5 Å². The van der Waals surface area contributed by atoms with E-state index in [4.69, 9.17) is 10.2 Å². The van der Waals surface area contributed by atoms with E-state index in [1.54, 1.807) is 0 Å². The lowest BCUT2D eigenvalue weighted by Crippen LogP contribution is -2.49. The van der Waals surface area contributed by atoms with Gasteiger partial charge in [0, 0.05) is 0 Å². The number of aliphatic hydroxyl groups excluding tert-OH is 1. The number of hydrogen-bond donors (Lipinski definition) is 3. The molecule has 52 valence electrons. The third-order valence-corrected chi connectivity index (χ3v) is 1.55. The van der Waals surface area contributed by atoms with Crippen LogP contribution in [0.5, 0.6) is 0 Å². The van der Waals surface area contributed by atoms with Crippen LogP contribution in [0.4, 0.5) is 4.79 Å². The molecular weight excluding hydrogens is 122 g/mol. The Morgan fingerprint density at radius 2 is 2.22 bits per heavy atom. The molecule has 0 spiro atoms. The molecule has 3 N–H and O–H groups in total. The highest BCUT2D eigenvalue weighted by Gasteiger charge is 2.29. The fraction of sp³-hybridized carbons (Fsp3) is 0.800. The van der Waals surface area contributed by atoms with Gasteiger partial charge < -0.3 is 15.5 Å². The van der Waals surface area contributed by atoms with Crippen molar-refractivity contribution in [2.24, 2.45) is 0 Å². The third-order valence-electron chi connectivity index (χ3n) is 1.55. The second-order valence-corrected chi connectivity index (χ2v) is 2.20. The van der Waals surface area contributed by atoms with Crippen LogP contribution >= 0.6 is 0 Å². The van der Waals surface area contributed by atoms with E-state index in [0.717, 1.165) is 6.42 Å². The van der Waals surface area contributed by atoms with Crippen molar-refractivity contribution in [1.29, 1.82) is 0 Å². The number of carboxylic acid groups (broad SMARTS) is 1. The molecule has 0 heterocycles. The summed E-state index contributed by atoms with van der Waals surface area (Å²) >= 11 is 0. The maximum Gasteiger partial charge on any atom is 0.404 e. The van der Waals surface area contributed by atoms with Gasteiger partial charge in [-0.25, -0.2) is 4.79 Å². The van der Waals surface area contributed by atoms with Crippen LogP contribution in [0.25, 0.3) is 0 Å². The Morgan fingerprint density at radius 3 is 2.33 bits per heavy atom. The van der Waals surface area contributed by atoms with Gasteiger partial charge in [0.25, 0.3) is 0 Å². The molecule has 1 amide bonds. The number of amides is 1. The quantitative estimate of drug-likeness (QED) is 0.460. The Bertz CT molecular complexity index is 125. The Balaban J connectivity index is 2.21. The van der Waals surface area contributed by atoms with Gasteiger partial charge in [-0.1, -0.05) is 0 Å². The molecule has 1 fully saturated rings. The number of rotatable bonds is 1. The summed E-state index contributed by atoms with van der Waals surface area (Å²) in [5.74, 6) is 0. The topological polar surface area (TPSA) is 69.6 Å². The summed E-state index contributed by atoms with van der Waals surface area (Å²) in [6.07, 6.45) is -0.0434. The van der Waals surface area contributed by atoms with E-state index in [9.17, 15) is 4.79 Å². The lowest BCUT2D eigenvalue weighted by molar-refractivity contribution is 0.0500. The number of hydrogen-bond acceptors (Lipinski definition) is 2. The fourth-order valence-electron chi connectivity index (χ4n) is 0.809. The zero-order valence-corrected chi connectivity index (χ0v) is 4.87.